The lowest BCUT2D eigenvalue weighted by Crippen LogP contribution is -2.21. The van der Waals surface area contributed by atoms with E-state index >= 15 is 0 Å². The molecule has 0 aliphatic heterocycles. The summed E-state index contributed by atoms with van der Waals surface area (Å²) in [7, 11) is 5.66. The average molecular weight is 730 g/mol. The van der Waals surface area contributed by atoms with Crippen molar-refractivity contribution >= 4 is 63.0 Å². The molecule has 0 atom stereocenters. The number of carbonyl (C=O) groups excluding carboxylic acids is 1. The van der Waals surface area contributed by atoms with Crippen LogP contribution in [0.3, 0.4) is 0 Å². The SMILES string of the molecule is Cc1cc(OCCCc2c(C=O)n(CCCN(C)c3cccc4c(C(=O)O)nn(C)c34)c3c(-c4c(C)nn(C)c4C)c(Cl)ccc23)cc(C)c1Cl. The maximum absolute atomic E-state index is 13.0. The van der Waals surface area contributed by atoms with Gasteiger partial charge in [0.1, 0.15) is 5.75 Å². The Hall–Kier alpha value is -4.80. The number of hydrogen-bond donors (Lipinski definition) is 1. The molecule has 6 aromatic rings. The van der Waals surface area contributed by atoms with Crippen molar-refractivity contribution in [1.82, 2.24) is 24.1 Å². The van der Waals surface area contributed by atoms with E-state index in [0.29, 0.717) is 55.1 Å². The van der Waals surface area contributed by atoms with Crippen molar-refractivity contribution < 1.29 is 19.4 Å². The van der Waals surface area contributed by atoms with Crippen LogP contribution in [0, 0.1) is 27.7 Å². The second-order valence-electron chi connectivity index (χ2n) is 13.2. The molecule has 0 fully saturated rings. The van der Waals surface area contributed by atoms with Gasteiger partial charge in [-0.05, 0) is 87.9 Å². The third-order valence-electron chi connectivity index (χ3n) is 9.78. The number of carboxylic acid groups (broad SMARTS) is 1. The molecule has 0 aliphatic rings. The first-order valence-electron chi connectivity index (χ1n) is 16.9. The van der Waals surface area contributed by atoms with Gasteiger partial charge < -0.3 is 19.3 Å². The number of anilines is 1. The van der Waals surface area contributed by atoms with Crippen molar-refractivity contribution in [3.8, 4) is 16.9 Å². The van der Waals surface area contributed by atoms with Crippen LogP contribution in [0.4, 0.5) is 5.69 Å². The number of para-hydroxylation sites is 1. The molecule has 6 rings (SSSR count). The minimum atomic E-state index is -1.06. The molecule has 3 heterocycles. The zero-order chi connectivity index (χ0) is 36.7. The number of aromatic carboxylic acids is 1. The average Bonchev–Trinajstić information content (AvgIpc) is 3.69. The van der Waals surface area contributed by atoms with E-state index in [0.717, 1.165) is 78.4 Å². The highest BCUT2D eigenvalue weighted by Crippen LogP contribution is 2.42. The van der Waals surface area contributed by atoms with Gasteiger partial charge in [0.2, 0.25) is 0 Å². The first-order chi connectivity index (χ1) is 24.3. The summed E-state index contributed by atoms with van der Waals surface area (Å²) in [5, 5.41) is 21.5. The molecule has 3 aromatic heterocycles. The monoisotopic (exact) mass is 728 g/mol. The van der Waals surface area contributed by atoms with E-state index in [2.05, 4.69) is 19.7 Å². The number of fused-ring (bicyclic) bond motifs is 2. The lowest BCUT2D eigenvalue weighted by molar-refractivity contribution is 0.0691. The molecule has 0 radical (unpaired) electrons. The fourth-order valence-corrected chi connectivity index (χ4v) is 7.67. The van der Waals surface area contributed by atoms with E-state index in [9.17, 15) is 14.7 Å². The highest BCUT2D eigenvalue weighted by atomic mass is 35.5. The van der Waals surface area contributed by atoms with Crippen LogP contribution in [0.2, 0.25) is 10.0 Å². The summed E-state index contributed by atoms with van der Waals surface area (Å²) in [6.45, 7) is 9.59. The fraction of sp³-hybridized carbons (Fsp3) is 0.333. The predicted molar refractivity (Wildman–Crippen MR) is 204 cm³/mol. The quantitative estimate of drug-likeness (QED) is 0.0939. The van der Waals surface area contributed by atoms with E-state index in [1.807, 2.05) is 82.9 Å². The van der Waals surface area contributed by atoms with Gasteiger partial charge in [-0.3, -0.25) is 14.2 Å². The van der Waals surface area contributed by atoms with Gasteiger partial charge >= 0.3 is 5.97 Å². The Bertz CT molecular complexity index is 2300. The normalized spacial score (nSPS) is 11.5. The van der Waals surface area contributed by atoms with Gasteiger partial charge in [-0.1, -0.05) is 41.4 Å². The van der Waals surface area contributed by atoms with Crippen molar-refractivity contribution in [3.63, 3.8) is 0 Å². The molecule has 12 heteroatoms. The molecule has 0 unspecified atom stereocenters. The second kappa shape index (κ2) is 14.4. The first kappa shape index (κ1) is 36.0. The zero-order valence-electron chi connectivity index (χ0n) is 30.0. The maximum atomic E-state index is 13.0. The van der Waals surface area contributed by atoms with Crippen molar-refractivity contribution in [3.05, 3.63) is 92.0 Å². The topological polar surface area (TPSA) is 107 Å². The van der Waals surface area contributed by atoms with Crippen LogP contribution in [0.1, 0.15) is 61.9 Å². The smallest absolute Gasteiger partial charge is 0.357 e. The largest absolute Gasteiger partial charge is 0.494 e. The predicted octanol–water partition coefficient (Wildman–Crippen LogP) is 8.52. The van der Waals surface area contributed by atoms with Gasteiger partial charge in [-0.25, -0.2) is 4.79 Å². The Labute approximate surface area is 307 Å². The van der Waals surface area contributed by atoms with Crippen molar-refractivity contribution in [2.75, 3.05) is 25.1 Å². The van der Waals surface area contributed by atoms with Crippen molar-refractivity contribution in [1.29, 1.82) is 0 Å². The molecule has 3 aromatic carbocycles. The van der Waals surface area contributed by atoms with E-state index in [4.69, 9.17) is 27.9 Å². The minimum Gasteiger partial charge on any atom is -0.494 e. The van der Waals surface area contributed by atoms with Crippen LogP contribution in [0.15, 0.2) is 42.5 Å². The standard InChI is InChI=1S/C39H42Cl2N6O4/c1-22-19-26(20-23(2)35(22)41)51-18-9-12-27-28-14-15-30(40)34(33-24(3)42-45(6)25(33)4)38(28)47(32(27)21-48)17-10-16-44(5)31-13-8-11-29-36(39(49)50)43-46(7)37(29)31/h8,11,13-15,19-21H,9-10,12,16-18H2,1-7H3,(H,49,50). The zero-order valence-corrected chi connectivity index (χ0v) is 31.5. The van der Waals surface area contributed by atoms with E-state index in [1.54, 1.807) is 17.8 Å². The highest BCUT2D eigenvalue weighted by Gasteiger charge is 2.25. The summed E-state index contributed by atoms with van der Waals surface area (Å²) < 4.78 is 11.7. The molecule has 0 saturated carbocycles. The lowest BCUT2D eigenvalue weighted by atomic mass is 9.98. The Morgan fingerprint density at radius 3 is 2.31 bits per heavy atom. The number of aryl methyl sites for hydroxylation is 7. The number of benzene rings is 3. The second-order valence-corrected chi connectivity index (χ2v) is 14.0. The van der Waals surface area contributed by atoms with Crippen molar-refractivity contribution in [2.24, 2.45) is 14.1 Å². The third-order valence-corrected chi connectivity index (χ3v) is 10.7. The Balaban J connectivity index is 1.35. The third kappa shape index (κ3) is 6.58. The maximum Gasteiger partial charge on any atom is 0.357 e. The molecular weight excluding hydrogens is 687 g/mol. The molecule has 0 saturated heterocycles. The molecule has 0 aliphatic carbocycles. The number of carbonyl (C=O) groups is 2. The molecule has 266 valence electrons. The number of aldehydes is 1. The summed E-state index contributed by atoms with van der Waals surface area (Å²) in [5.74, 6) is -0.290. The van der Waals surface area contributed by atoms with Crippen LogP contribution < -0.4 is 9.64 Å². The summed E-state index contributed by atoms with van der Waals surface area (Å²) in [6.07, 6.45) is 2.97. The Morgan fingerprint density at radius 1 is 0.941 bits per heavy atom. The number of nitrogens with zero attached hydrogens (tertiary/aromatic N) is 6. The summed E-state index contributed by atoms with van der Waals surface area (Å²) in [4.78, 5) is 27.0. The number of ether oxygens (including phenoxy) is 1. The van der Waals surface area contributed by atoms with Gasteiger partial charge in [-0.2, -0.15) is 10.2 Å². The number of rotatable bonds is 13. The van der Waals surface area contributed by atoms with Gasteiger partial charge in [0, 0.05) is 66.8 Å². The van der Waals surface area contributed by atoms with E-state index in [1.165, 1.54) is 0 Å². The molecule has 0 bridgehead atoms. The number of hydrogen-bond acceptors (Lipinski definition) is 6. The Morgan fingerprint density at radius 2 is 1.67 bits per heavy atom. The van der Waals surface area contributed by atoms with Gasteiger partial charge in [0.25, 0.3) is 0 Å². The van der Waals surface area contributed by atoms with E-state index in [-0.39, 0.29) is 5.69 Å². The molecule has 0 amide bonds. The minimum absolute atomic E-state index is 0.0268. The summed E-state index contributed by atoms with van der Waals surface area (Å²) in [5.41, 5.74) is 9.74. The summed E-state index contributed by atoms with van der Waals surface area (Å²) >= 11 is 13.4. The highest BCUT2D eigenvalue weighted by molar-refractivity contribution is 6.35. The first-order valence-corrected chi connectivity index (χ1v) is 17.7. The molecule has 51 heavy (non-hydrogen) atoms. The lowest BCUT2D eigenvalue weighted by Gasteiger charge is -2.21. The van der Waals surface area contributed by atoms with Gasteiger partial charge in [0.15, 0.2) is 12.0 Å². The van der Waals surface area contributed by atoms with Gasteiger partial charge in [0.05, 0.1) is 39.7 Å². The summed E-state index contributed by atoms with van der Waals surface area (Å²) in [6, 6.07) is 13.4. The number of aromatic nitrogens is 5. The van der Waals surface area contributed by atoms with Crippen LogP contribution in [-0.2, 0) is 27.1 Å². The Kier molecular flexibility index (Phi) is 10.2. The van der Waals surface area contributed by atoms with Gasteiger partial charge in [-0.15, -0.1) is 0 Å². The van der Waals surface area contributed by atoms with Crippen molar-refractivity contribution in [2.45, 2.75) is 53.5 Å². The molecular formula is C39H42Cl2N6O4. The van der Waals surface area contributed by atoms with E-state index < -0.39 is 5.97 Å². The molecule has 10 nitrogen and oxygen atoms in total. The van der Waals surface area contributed by atoms with Crippen LogP contribution >= 0.6 is 23.2 Å². The molecule has 1 N–H and O–H groups in total. The number of halogens is 2. The van der Waals surface area contributed by atoms with Crippen LogP contribution in [0.5, 0.6) is 5.75 Å². The van der Waals surface area contributed by atoms with Crippen LogP contribution in [-0.4, -0.2) is 61.7 Å². The fourth-order valence-electron chi connectivity index (χ4n) is 7.31. The molecule has 0 spiro atoms. The number of carboxylic acids is 1. The van der Waals surface area contributed by atoms with Crippen LogP contribution in [0.25, 0.3) is 32.9 Å².